The van der Waals surface area contributed by atoms with E-state index in [0.29, 0.717) is 24.8 Å². The molecule has 1 saturated carbocycles. The molecule has 0 unspecified atom stereocenters. The van der Waals surface area contributed by atoms with E-state index in [-0.39, 0.29) is 18.9 Å². The van der Waals surface area contributed by atoms with Gasteiger partial charge in [0.25, 0.3) is 0 Å². The van der Waals surface area contributed by atoms with Crippen molar-refractivity contribution in [1.29, 1.82) is 0 Å². The molecule has 1 aliphatic heterocycles. The molecule has 1 aliphatic carbocycles. The predicted molar refractivity (Wildman–Crippen MR) is 78.2 cm³/mol. The second kappa shape index (κ2) is 6.46. The number of carboxylic acid groups (broad SMARTS) is 1. The Morgan fingerprint density at radius 3 is 2.86 bits per heavy atom. The van der Waals surface area contributed by atoms with E-state index in [1.165, 1.54) is 12.8 Å². The Hall–Kier alpha value is -1.92. The first-order valence-electron chi connectivity index (χ1n) is 8.01. The molecule has 2 aliphatic rings. The standard InChI is InChI=1S/C15H22N4O3/c20-14(10-19-9-13(16-17-19)12-4-5-12)18-7-1-2-11(8-18)3-6-15(21)22/h9,11-12H,1-8,10H2,(H,21,22)/t11-/m1/s1. The van der Waals surface area contributed by atoms with Crippen LogP contribution < -0.4 is 0 Å². The van der Waals surface area contributed by atoms with Gasteiger partial charge in [0.1, 0.15) is 6.54 Å². The summed E-state index contributed by atoms with van der Waals surface area (Å²) in [6, 6.07) is 0. The number of carbonyl (C=O) groups is 2. The van der Waals surface area contributed by atoms with E-state index in [0.717, 1.165) is 25.1 Å². The number of hydrogen-bond acceptors (Lipinski definition) is 4. The van der Waals surface area contributed by atoms with Gasteiger partial charge in [-0.3, -0.25) is 9.59 Å². The number of nitrogens with zero attached hydrogens (tertiary/aromatic N) is 4. The molecule has 0 bridgehead atoms. The van der Waals surface area contributed by atoms with E-state index >= 15 is 0 Å². The van der Waals surface area contributed by atoms with Gasteiger partial charge in [-0.15, -0.1) is 5.10 Å². The van der Waals surface area contributed by atoms with Crippen molar-refractivity contribution in [2.24, 2.45) is 5.92 Å². The summed E-state index contributed by atoms with van der Waals surface area (Å²) in [5.41, 5.74) is 0.991. The molecule has 1 atom stereocenters. The van der Waals surface area contributed by atoms with Crippen LogP contribution in [0.15, 0.2) is 6.20 Å². The van der Waals surface area contributed by atoms with E-state index in [2.05, 4.69) is 10.3 Å². The third-order valence-electron chi connectivity index (χ3n) is 4.49. The molecule has 2 fully saturated rings. The van der Waals surface area contributed by atoms with Gasteiger partial charge in [0, 0.05) is 31.6 Å². The van der Waals surface area contributed by atoms with Gasteiger partial charge in [-0.05, 0) is 38.0 Å². The molecular weight excluding hydrogens is 284 g/mol. The molecule has 7 heteroatoms. The van der Waals surface area contributed by atoms with Crippen molar-refractivity contribution in [3.8, 4) is 0 Å². The fourth-order valence-corrected chi connectivity index (χ4v) is 3.05. The number of aliphatic carboxylic acids is 1. The average molecular weight is 306 g/mol. The van der Waals surface area contributed by atoms with Crippen LogP contribution in [0.5, 0.6) is 0 Å². The highest BCUT2D eigenvalue weighted by Crippen LogP contribution is 2.38. The summed E-state index contributed by atoms with van der Waals surface area (Å²) in [4.78, 5) is 24.9. The highest BCUT2D eigenvalue weighted by Gasteiger charge is 2.28. The Kier molecular flexibility index (Phi) is 4.40. The SMILES string of the molecule is O=C(O)CC[C@H]1CCCN(C(=O)Cn2cc(C3CC3)nn2)C1. The number of hydrogen-bond donors (Lipinski definition) is 1. The minimum absolute atomic E-state index is 0.0484. The van der Waals surface area contributed by atoms with E-state index in [9.17, 15) is 9.59 Å². The van der Waals surface area contributed by atoms with Crippen LogP contribution >= 0.6 is 0 Å². The molecule has 1 amide bonds. The maximum atomic E-state index is 12.4. The Morgan fingerprint density at radius 2 is 2.14 bits per heavy atom. The molecule has 1 aromatic rings. The summed E-state index contributed by atoms with van der Waals surface area (Å²) in [7, 11) is 0. The first kappa shape index (κ1) is 15.0. The molecule has 22 heavy (non-hydrogen) atoms. The fraction of sp³-hybridized carbons (Fsp3) is 0.733. The highest BCUT2D eigenvalue weighted by molar-refractivity contribution is 5.76. The molecule has 1 saturated heterocycles. The van der Waals surface area contributed by atoms with Crippen molar-refractivity contribution >= 4 is 11.9 Å². The molecule has 3 rings (SSSR count). The Balaban J connectivity index is 1.50. The van der Waals surface area contributed by atoms with Crippen LogP contribution in [0.25, 0.3) is 0 Å². The first-order valence-corrected chi connectivity index (χ1v) is 8.01. The van der Waals surface area contributed by atoms with Gasteiger partial charge in [0.15, 0.2) is 0 Å². The largest absolute Gasteiger partial charge is 0.481 e. The Bertz CT molecular complexity index is 553. The molecule has 7 nitrogen and oxygen atoms in total. The topological polar surface area (TPSA) is 88.3 Å². The summed E-state index contributed by atoms with van der Waals surface area (Å²) in [6.45, 7) is 1.65. The average Bonchev–Trinajstić information content (AvgIpc) is 3.26. The zero-order valence-electron chi connectivity index (χ0n) is 12.6. The molecule has 0 aromatic carbocycles. The van der Waals surface area contributed by atoms with Crippen LogP contribution in [-0.2, 0) is 16.1 Å². The molecule has 2 heterocycles. The zero-order chi connectivity index (χ0) is 15.5. The summed E-state index contributed by atoms with van der Waals surface area (Å²) in [5, 5.41) is 16.9. The minimum atomic E-state index is -0.765. The molecular formula is C15H22N4O3. The van der Waals surface area contributed by atoms with Crippen molar-refractivity contribution in [3.05, 3.63) is 11.9 Å². The molecule has 0 spiro atoms. The van der Waals surface area contributed by atoms with Gasteiger partial charge in [-0.25, -0.2) is 4.68 Å². The van der Waals surface area contributed by atoms with E-state index in [1.54, 1.807) is 4.68 Å². The van der Waals surface area contributed by atoms with Crippen molar-refractivity contribution in [2.75, 3.05) is 13.1 Å². The van der Waals surface area contributed by atoms with Crippen LogP contribution in [-0.4, -0.2) is 50.0 Å². The van der Waals surface area contributed by atoms with Gasteiger partial charge in [0.05, 0.1) is 5.69 Å². The summed E-state index contributed by atoms with van der Waals surface area (Å²) in [6.07, 6.45) is 7.00. The number of likely N-dealkylation sites (tertiary alicyclic amines) is 1. The van der Waals surface area contributed by atoms with E-state index in [4.69, 9.17) is 5.11 Å². The Labute approximate surface area is 129 Å². The molecule has 1 aromatic heterocycles. The van der Waals surface area contributed by atoms with Crippen molar-refractivity contribution in [3.63, 3.8) is 0 Å². The van der Waals surface area contributed by atoms with Gasteiger partial charge in [-0.2, -0.15) is 0 Å². The van der Waals surface area contributed by atoms with E-state index < -0.39 is 5.97 Å². The van der Waals surface area contributed by atoms with Crippen molar-refractivity contribution in [1.82, 2.24) is 19.9 Å². The summed E-state index contributed by atoms with van der Waals surface area (Å²) in [5.74, 6) is 0.122. The van der Waals surface area contributed by atoms with E-state index in [1.807, 2.05) is 11.1 Å². The van der Waals surface area contributed by atoms with Crippen LogP contribution in [0.3, 0.4) is 0 Å². The lowest BCUT2D eigenvalue weighted by atomic mass is 9.93. The molecule has 1 N–H and O–H groups in total. The normalized spacial score (nSPS) is 21.8. The first-order chi connectivity index (χ1) is 10.6. The van der Waals surface area contributed by atoms with Crippen molar-refractivity contribution < 1.29 is 14.7 Å². The zero-order valence-corrected chi connectivity index (χ0v) is 12.6. The smallest absolute Gasteiger partial charge is 0.303 e. The third-order valence-corrected chi connectivity index (χ3v) is 4.49. The number of carbonyl (C=O) groups excluding carboxylic acids is 1. The van der Waals surface area contributed by atoms with Crippen LogP contribution in [0.4, 0.5) is 0 Å². The highest BCUT2D eigenvalue weighted by atomic mass is 16.4. The van der Waals surface area contributed by atoms with Gasteiger partial charge in [0.2, 0.25) is 5.91 Å². The van der Waals surface area contributed by atoms with Crippen LogP contribution in [0.1, 0.15) is 50.1 Å². The number of piperidine rings is 1. The second-order valence-electron chi connectivity index (χ2n) is 6.40. The maximum Gasteiger partial charge on any atom is 0.303 e. The lowest BCUT2D eigenvalue weighted by molar-refractivity contribution is -0.137. The van der Waals surface area contributed by atoms with Crippen LogP contribution in [0.2, 0.25) is 0 Å². The summed E-state index contributed by atoms with van der Waals surface area (Å²) >= 11 is 0. The van der Waals surface area contributed by atoms with Crippen LogP contribution in [0, 0.1) is 5.92 Å². The van der Waals surface area contributed by atoms with Gasteiger partial charge < -0.3 is 10.0 Å². The monoisotopic (exact) mass is 306 g/mol. The molecule has 0 radical (unpaired) electrons. The quantitative estimate of drug-likeness (QED) is 0.854. The van der Waals surface area contributed by atoms with Crippen molar-refractivity contribution in [2.45, 2.75) is 51.0 Å². The van der Waals surface area contributed by atoms with Gasteiger partial charge in [-0.1, -0.05) is 5.21 Å². The summed E-state index contributed by atoms with van der Waals surface area (Å²) < 4.78 is 1.62. The fourth-order valence-electron chi connectivity index (χ4n) is 3.05. The second-order valence-corrected chi connectivity index (χ2v) is 6.40. The number of carboxylic acids is 1. The number of amides is 1. The predicted octanol–water partition coefficient (Wildman–Crippen LogP) is 1.26. The third kappa shape index (κ3) is 3.84. The Morgan fingerprint density at radius 1 is 1.32 bits per heavy atom. The maximum absolute atomic E-state index is 12.4. The number of rotatable bonds is 6. The minimum Gasteiger partial charge on any atom is -0.481 e. The lowest BCUT2D eigenvalue weighted by Crippen LogP contribution is -2.41. The molecule has 120 valence electrons. The lowest BCUT2D eigenvalue weighted by Gasteiger charge is -2.32. The number of aromatic nitrogens is 3. The van der Waals surface area contributed by atoms with Gasteiger partial charge >= 0.3 is 5.97 Å².